The zero-order valence-corrected chi connectivity index (χ0v) is 18.7. The number of ether oxygens (including phenoxy) is 1. The van der Waals surface area contributed by atoms with Gasteiger partial charge in [-0.2, -0.15) is 5.10 Å². The van der Waals surface area contributed by atoms with Crippen molar-refractivity contribution >= 4 is 41.2 Å². The Morgan fingerprint density at radius 1 is 1.19 bits per heavy atom. The van der Waals surface area contributed by atoms with Crippen molar-refractivity contribution in [2.45, 2.75) is 18.4 Å². The van der Waals surface area contributed by atoms with E-state index in [0.717, 1.165) is 16.0 Å². The first kappa shape index (κ1) is 22.7. The van der Waals surface area contributed by atoms with Crippen molar-refractivity contribution in [2.24, 2.45) is 0 Å². The average molecular weight is 456 g/mol. The summed E-state index contributed by atoms with van der Waals surface area (Å²) < 4.78 is 6.23. The van der Waals surface area contributed by atoms with Crippen molar-refractivity contribution < 1.29 is 9.53 Å². The minimum Gasteiger partial charge on any atom is -0.450 e. The molecule has 31 heavy (non-hydrogen) atoms. The van der Waals surface area contributed by atoms with Crippen LogP contribution in [-0.4, -0.2) is 28.7 Å². The predicted octanol–water partition coefficient (Wildman–Crippen LogP) is 5.57. The zero-order valence-electron chi connectivity index (χ0n) is 17.2. The first-order valence-corrected chi connectivity index (χ1v) is 11.2. The van der Waals surface area contributed by atoms with Gasteiger partial charge in [0.1, 0.15) is 5.69 Å². The normalized spacial score (nSPS) is 10.9. The number of thioether (sulfide) groups is 1. The molecule has 3 rings (SSSR count). The number of carbonyl (C=O) groups excluding carboxylic acids is 1. The van der Waals surface area contributed by atoms with E-state index in [2.05, 4.69) is 10.4 Å². The van der Waals surface area contributed by atoms with E-state index in [0.29, 0.717) is 10.7 Å². The molecule has 1 amide bonds. The Labute approximate surface area is 189 Å². The molecule has 0 atom stereocenters. The van der Waals surface area contributed by atoms with E-state index in [1.807, 2.05) is 54.8 Å². The minimum absolute atomic E-state index is 0.109. The highest BCUT2D eigenvalue weighted by atomic mass is 35.5. The van der Waals surface area contributed by atoms with Crippen molar-refractivity contribution in [1.29, 1.82) is 0 Å². The third-order valence-electron chi connectivity index (χ3n) is 4.33. The molecule has 0 saturated carbocycles. The fourth-order valence-electron chi connectivity index (χ4n) is 2.80. The van der Waals surface area contributed by atoms with Gasteiger partial charge in [0.15, 0.2) is 0 Å². The van der Waals surface area contributed by atoms with Crippen LogP contribution in [0.25, 0.3) is 17.3 Å². The van der Waals surface area contributed by atoms with E-state index in [1.165, 1.54) is 4.68 Å². The Morgan fingerprint density at radius 2 is 1.90 bits per heavy atom. The largest absolute Gasteiger partial charge is 0.450 e. The second-order valence-corrected chi connectivity index (χ2v) is 7.77. The molecule has 0 radical (unpaired) electrons. The first-order valence-electron chi connectivity index (χ1n) is 9.62. The smallest absolute Gasteiger partial charge is 0.411 e. The maximum Gasteiger partial charge on any atom is 0.411 e. The Kier molecular flexibility index (Phi) is 7.92. The summed E-state index contributed by atoms with van der Waals surface area (Å²) in [7, 11) is 0. The number of nitrogens with zero attached hydrogens (tertiary/aromatic N) is 2. The number of anilines is 1. The van der Waals surface area contributed by atoms with Gasteiger partial charge >= 0.3 is 6.09 Å². The van der Waals surface area contributed by atoms with Crippen LogP contribution in [0, 0.1) is 0 Å². The van der Waals surface area contributed by atoms with Crippen molar-refractivity contribution in [3.8, 4) is 11.3 Å². The van der Waals surface area contributed by atoms with Crippen LogP contribution in [0.4, 0.5) is 10.5 Å². The highest BCUT2D eigenvalue weighted by Gasteiger charge is 2.13. The van der Waals surface area contributed by atoms with Crippen LogP contribution in [0.15, 0.2) is 70.4 Å². The topological polar surface area (TPSA) is 73.2 Å². The van der Waals surface area contributed by atoms with E-state index in [4.69, 9.17) is 16.3 Å². The van der Waals surface area contributed by atoms with E-state index >= 15 is 0 Å². The highest BCUT2D eigenvalue weighted by Crippen LogP contribution is 2.22. The number of nitrogens with one attached hydrogen (secondary N) is 1. The molecular weight excluding hydrogens is 434 g/mol. The minimum atomic E-state index is -0.683. The second-order valence-electron chi connectivity index (χ2n) is 6.46. The van der Waals surface area contributed by atoms with Gasteiger partial charge in [-0.1, -0.05) is 48.0 Å². The van der Waals surface area contributed by atoms with Gasteiger partial charge in [0.2, 0.25) is 0 Å². The quantitative estimate of drug-likeness (QED) is 0.471. The van der Waals surface area contributed by atoms with E-state index < -0.39 is 11.7 Å². The lowest BCUT2D eigenvalue weighted by Gasteiger charge is -2.11. The van der Waals surface area contributed by atoms with Gasteiger partial charge < -0.3 is 4.74 Å². The SMILES string of the molecule is CCOC(=O)Nc1cc(-c2ccc(SC)cc2)nn(C/C=C/c2ccc(Cl)cc2)c1=O. The Balaban J connectivity index is 1.94. The van der Waals surface area contributed by atoms with Gasteiger partial charge in [0.25, 0.3) is 5.56 Å². The van der Waals surface area contributed by atoms with Crippen LogP contribution in [0.1, 0.15) is 12.5 Å². The van der Waals surface area contributed by atoms with Gasteiger partial charge in [-0.3, -0.25) is 10.1 Å². The summed E-state index contributed by atoms with van der Waals surface area (Å²) in [6, 6.07) is 16.7. The van der Waals surface area contributed by atoms with Crippen LogP contribution < -0.4 is 10.9 Å². The predicted molar refractivity (Wildman–Crippen MR) is 127 cm³/mol. The molecule has 0 aliphatic heterocycles. The van der Waals surface area contributed by atoms with E-state index in [-0.39, 0.29) is 18.8 Å². The Bertz CT molecular complexity index is 1130. The van der Waals surface area contributed by atoms with Gasteiger partial charge in [0, 0.05) is 15.5 Å². The Morgan fingerprint density at radius 3 is 2.55 bits per heavy atom. The maximum absolute atomic E-state index is 12.9. The standard InChI is InChI=1S/C23H22ClN3O3S/c1-3-30-23(29)25-21-15-20(17-8-12-19(31-2)13-9-17)26-27(22(21)28)14-4-5-16-6-10-18(24)11-7-16/h4-13,15H,3,14H2,1-2H3,(H,25,29)/b5-4+. The molecule has 0 aliphatic rings. The van der Waals surface area contributed by atoms with Gasteiger partial charge in [-0.15, -0.1) is 11.8 Å². The molecule has 8 heteroatoms. The number of amides is 1. The maximum atomic E-state index is 12.9. The van der Waals surface area contributed by atoms with Crippen LogP contribution >= 0.6 is 23.4 Å². The third kappa shape index (κ3) is 6.23. The molecular formula is C23H22ClN3O3S. The van der Waals surface area contributed by atoms with Crippen LogP contribution in [-0.2, 0) is 11.3 Å². The number of hydrogen-bond donors (Lipinski definition) is 1. The first-order chi connectivity index (χ1) is 15.0. The second kappa shape index (κ2) is 10.8. The van der Waals surface area contributed by atoms with E-state index in [9.17, 15) is 9.59 Å². The van der Waals surface area contributed by atoms with Crippen molar-refractivity contribution in [3.63, 3.8) is 0 Å². The van der Waals surface area contributed by atoms with Crippen molar-refractivity contribution in [2.75, 3.05) is 18.2 Å². The molecule has 1 aromatic heterocycles. The summed E-state index contributed by atoms with van der Waals surface area (Å²) in [4.78, 5) is 25.9. The number of hydrogen-bond acceptors (Lipinski definition) is 5. The van der Waals surface area contributed by atoms with Crippen LogP contribution in [0.3, 0.4) is 0 Å². The number of carbonyl (C=O) groups is 1. The monoisotopic (exact) mass is 455 g/mol. The summed E-state index contributed by atoms with van der Waals surface area (Å²) in [5.41, 5.74) is 2.04. The summed E-state index contributed by atoms with van der Waals surface area (Å²) >= 11 is 7.55. The van der Waals surface area contributed by atoms with Gasteiger partial charge in [-0.25, -0.2) is 9.48 Å². The fourth-order valence-corrected chi connectivity index (χ4v) is 3.33. The highest BCUT2D eigenvalue weighted by molar-refractivity contribution is 7.98. The zero-order chi connectivity index (χ0) is 22.2. The van der Waals surface area contributed by atoms with Crippen molar-refractivity contribution in [1.82, 2.24) is 9.78 Å². The van der Waals surface area contributed by atoms with Crippen molar-refractivity contribution in [3.05, 3.63) is 81.6 Å². The van der Waals surface area contributed by atoms with Gasteiger partial charge in [-0.05, 0) is 49.1 Å². The molecule has 0 unspecified atom stereocenters. The molecule has 6 nitrogen and oxygen atoms in total. The molecule has 0 aliphatic carbocycles. The lowest BCUT2D eigenvalue weighted by atomic mass is 10.1. The summed E-state index contributed by atoms with van der Waals surface area (Å²) in [5, 5.41) is 7.67. The fraction of sp³-hybridized carbons (Fsp3) is 0.174. The summed E-state index contributed by atoms with van der Waals surface area (Å²) in [5.74, 6) is 0. The molecule has 0 saturated heterocycles. The molecule has 1 N–H and O–H groups in total. The molecule has 3 aromatic rings. The molecule has 160 valence electrons. The number of halogens is 1. The lowest BCUT2D eigenvalue weighted by Crippen LogP contribution is -2.28. The molecule has 0 bridgehead atoms. The lowest BCUT2D eigenvalue weighted by molar-refractivity contribution is 0.168. The number of rotatable bonds is 7. The number of benzene rings is 2. The molecule has 2 aromatic carbocycles. The molecule has 1 heterocycles. The number of aromatic nitrogens is 2. The summed E-state index contributed by atoms with van der Waals surface area (Å²) in [6.45, 7) is 2.14. The summed E-state index contributed by atoms with van der Waals surface area (Å²) in [6.07, 6.45) is 5.02. The van der Waals surface area contributed by atoms with Crippen LogP contribution in [0.2, 0.25) is 5.02 Å². The molecule has 0 fully saturated rings. The third-order valence-corrected chi connectivity index (χ3v) is 5.33. The van der Waals surface area contributed by atoms with Crippen LogP contribution in [0.5, 0.6) is 0 Å². The van der Waals surface area contributed by atoms with Gasteiger partial charge in [0.05, 0.1) is 18.8 Å². The van der Waals surface area contributed by atoms with E-state index in [1.54, 1.807) is 36.9 Å². The number of allylic oxidation sites excluding steroid dienone is 1. The Hall–Kier alpha value is -3.03. The average Bonchev–Trinajstić information content (AvgIpc) is 2.77. The molecule has 0 spiro atoms.